The van der Waals surface area contributed by atoms with Crippen LogP contribution in [0, 0.1) is 0 Å². The first kappa shape index (κ1) is 28.4. The van der Waals surface area contributed by atoms with E-state index in [9.17, 15) is 8.42 Å². The number of rotatable bonds is 11. The fourth-order valence-electron chi connectivity index (χ4n) is 4.81. The van der Waals surface area contributed by atoms with Crippen LogP contribution in [0.3, 0.4) is 0 Å². The maximum atomic E-state index is 14.0. The van der Waals surface area contributed by atoms with Crippen LogP contribution in [0.15, 0.2) is 77.7 Å². The smallest absolute Gasteiger partial charge is 0.268 e. The largest absolute Gasteiger partial charge is 0.368 e. The average Bonchev–Trinajstić information content (AvgIpc) is 3.36. The zero-order valence-corrected chi connectivity index (χ0v) is 24.8. The number of benzene rings is 3. The van der Waals surface area contributed by atoms with Crippen LogP contribution in [0.4, 0.5) is 5.82 Å². The van der Waals surface area contributed by atoms with Gasteiger partial charge in [-0.1, -0.05) is 73.4 Å². The second-order valence-corrected chi connectivity index (χ2v) is 12.1. The Morgan fingerprint density at radius 2 is 1.50 bits per heavy atom. The number of anilines is 1. The molecule has 0 saturated heterocycles. The minimum atomic E-state index is -3.96. The Kier molecular flexibility index (Phi) is 8.61. The third kappa shape index (κ3) is 5.67. The van der Waals surface area contributed by atoms with Crippen molar-refractivity contribution < 1.29 is 8.42 Å². The quantitative estimate of drug-likeness (QED) is 0.161. The van der Waals surface area contributed by atoms with Gasteiger partial charge in [-0.25, -0.2) is 22.4 Å². The van der Waals surface area contributed by atoms with Crippen LogP contribution in [0.5, 0.6) is 0 Å². The molecule has 1 N–H and O–H groups in total. The lowest BCUT2D eigenvalue weighted by atomic mass is 10.2. The summed E-state index contributed by atoms with van der Waals surface area (Å²) in [5, 5.41) is 4.94. The van der Waals surface area contributed by atoms with Gasteiger partial charge < -0.3 is 10.2 Å². The van der Waals surface area contributed by atoms with Crippen molar-refractivity contribution in [3.05, 3.63) is 82.8 Å². The summed E-state index contributed by atoms with van der Waals surface area (Å²) < 4.78 is 29.5. The van der Waals surface area contributed by atoms with Crippen molar-refractivity contribution in [3.63, 3.8) is 0 Å². The number of fused-ring (bicyclic) bond motifs is 2. The second-order valence-electron chi connectivity index (χ2n) is 9.51. The highest BCUT2D eigenvalue weighted by atomic mass is 35.5. The van der Waals surface area contributed by atoms with E-state index in [1.54, 1.807) is 48.5 Å². The normalized spacial score (nSPS) is 12.0. The van der Waals surface area contributed by atoms with Crippen molar-refractivity contribution in [1.29, 1.82) is 0 Å². The molecule has 5 rings (SSSR count). The van der Waals surface area contributed by atoms with Crippen molar-refractivity contribution in [2.24, 2.45) is 0 Å². The van der Waals surface area contributed by atoms with E-state index >= 15 is 0 Å². The van der Waals surface area contributed by atoms with E-state index < -0.39 is 10.0 Å². The zero-order valence-electron chi connectivity index (χ0n) is 22.4. The van der Waals surface area contributed by atoms with Gasteiger partial charge in [0.05, 0.1) is 37.2 Å². The molecule has 0 fully saturated rings. The minimum Gasteiger partial charge on any atom is -0.368 e. The van der Waals surface area contributed by atoms with Gasteiger partial charge in [0, 0.05) is 11.9 Å². The standard InChI is InChI=1S/C30H31Cl2N5O2S/c1-3-36(4-2)17-11-10-16-33-30-29(34-25-19-23(31)24(32)20-26(25)35-30)28-18-21-12-8-9-15-27(21)37(28)40(38,39)22-13-6-5-7-14-22/h5-9,12-15,18-20H,3-4,10-11,16-17H2,1-2H3,(H,33,35). The lowest BCUT2D eigenvalue weighted by Crippen LogP contribution is -2.24. The number of aromatic nitrogens is 3. The van der Waals surface area contributed by atoms with Gasteiger partial charge in [0.2, 0.25) is 0 Å². The molecular formula is C30H31Cl2N5O2S. The Hall–Kier alpha value is -3.17. The molecule has 0 bridgehead atoms. The maximum absolute atomic E-state index is 14.0. The predicted molar refractivity (Wildman–Crippen MR) is 165 cm³/mol. The van der Waals surface area contributed by atoms with Crippen LogP contribution in [-0.4, -0.2) is 53.4 Å². The number of nitrogens with zero attached hydrogens (tertiary/aromatic N) is 4. The molecule has 2 aromatic heterocycles. The molecule has 0 aliphatic rings. The van der Waals surface area contributed by atoms with Crippen molar-refractivity contribution in [2.75, 3.05) is 31.5 Å². The van der Waals surface area contributed by atoms with Gasteiger partial charge in [0.25, 0.3) is 10.0 Å². The van der Waals surface area contributed by atoms with Gasteiger partial charge in [0.15, 0.2) is 5.82 Å². The van der Waals surface area contributed by atoms with Crippen molar-refractivity contribution in [3.8, 4) is 11.4 Å². The van der Waals surface area contributed by atoms with Crippen LogP contribution in [-0.2, 0) is 10.0 Å². The molecular weight excluding hydrogens is 565 g/mol. The Bertz CT molecular complexity index is 1750. The number of unbranched alkanes of at least 4 members (excludes halogenated alkanes) is 1. The van der Waals surface area contributed by atoms with Gasteiger partial charge >= 0.3 is 0 Å². The molecule has 0 saturated carbocycles. The molecule has 0 aliphatic carbocycles. The van der Waals surface area contributed by atoms with Crippen LogP contribution >= 0.6 is 23.2 Å². The summed E-state index contributed by atoms with van der Waals surface area (Å²) in [6.45, 7) is 8.04. The predicted octanol–water partition coefficient (Wildman–Crippen LogP) is 7.33. The monoisotopic (exact) mass is 595 g/mol. The van der Waals surface area contributed by atoms with E-state index in [2.05, 4.69) is 24.1 Å². The van der Waals surface area contributed by atoms with E-state index in [4.69, 9.17) is 33.2 Å². The molecule has 0 amide bonds. The van der Waals surface area contributed by atoms with Crippen LogP contribution in [0.2, 0.25) is 10.0 Å². The lowest BCUT2D eigenvalue weighted by molar-refractivity contribution is 0.298. The summed E-state index contributed by atoms with van der Waals surface area (Å²) in [7, 11) is -3.96. The van der Waals surface area contributed by atoms with Crippen LogP contribution in [0.25, 0.3) is 33.3 Å². The van der Waals surface area contributed by atoms with Crippen LogP contribution in [0.1, 0.15) is 26.7 Å². The average molecular weight is 597 g/mol. The third-order valence-corrected chi connectivity index (χ3v) is 9.45. The van der Waals surface area contributed by atoms with Gasteiger partial charge in [-0.3, -0.25) is 0 Å². The summed E-state index contributed by atoms with van der Waals surface area (Å²) >= 11 is 12.6. The Balaban J connectivity index is 1.64. The van der Waals surface area contributed by atoms with Gasteiger partial charge in [0.1, 0.15) is 5.69 Å². The van der Waals surface area contributed by atoms with Crippen molar-refractivity contribution in [2.45, 2.75) is 31.6 Å². The van der Waals surface area contributed by atoms with E-state index in [0.29, 0.717) is 50.3 Å². The summed E-state index contributed by atoms with van der Waals surface area (Å²) in [6.07, 6.45) is 1.94. The van der Waals surface area contributed by atoms with Crippen LogP contribution < -0.4 is 5.32 Å². The maximum Gasteiger partial charge on any atom is 0.268 e. The first-order chi connectivity index (χ1) is 19.3. The number of halogens is 2. The molecule has 0 unspecified atom stereocenters. The molecule has 0 aliphatic heterocycles. The number of hydrogen-bond acceptors (Lipinski definition) is 6. The highest BCUT2D eigenvalue weighted by Gasteiger charge is 2.26. The molecule has 10 heteroatoms. The highest BCUT2D eigenvalue weighted by molar-refractivity contribution is 7.90. The molecule has 40 heavy (non-hydrogen) atoms. The summed E-state index contributed by atoms with van der Waals surface area (Å²) in [4.78, 5) is 12.3. The topological polar surface area (TPSA) is 80.1 Å². The minimum absolute atomic E-state index is 0.187. The number of para-hydroxylation sites is 1. The van der Waals surface area contributed by atoms with E-state index in [-0.39, 0.29) is 4.90 Å². The fourth-order valence-corrected chi connectivity index (χ4v) is 6.66. The molecule has 0 spiro atoms. The van der Waals surface area contributed by atoms with E-state index in [1.807, 2.05) is 24.3 Å². The molecule has 0 atom stereocenters. The van der Waals surface area contributed by atoms with Gasteiger partial charge in [-0.2, -0.15) is 0 Å². The Morgan fingerprint density at radius 3 is 2.20 bits per heavy atom. The summed E-state index contributed by atoms with van der Waals surface area (Å²) in [6, 6.07) is 21.0. The fraction of sp³-hybridized carbons (Fsp3) is 0.267. The van der Waals surface area contributed by atoms with E-state index in [0.717, 1.165) is 37.9 Å². The molecule has 208 valence electrons. The Morgan fingerprint density at radius 1 is 0.850 bits per heavy atom. The lowest BCUT2D eigenvalue weighted by Gasteiger charge is -2.18. The first-order valence-electron chi connectivity index (χ1n) is 13.4. The van der Waals surface area contributed by atoms with Crippen molar-refractivity contribution >= 4 is 61.0 Å². The zero-order chi connectivity index (χ0) is 28.3. The molecule has 7 nitrogen and oxygen atoms in total. The van der Waals surface area contributed by atoms with Gasteiger partial charge in [-0.05, 0) is 68.9 Å². The molecule has 2 heterocycles. The number of nitrogens with one attached hydrogen (secondary N) is 1. The van der Waals surface area contributed by atoms with Crippen molar-refractivity contribution in [1.82, 2.24) is 18.8 Å². The number of hydrogen-bond donors (Lipinski definition) is 1. The Labute approximate surface area is 244 Å². The third-order valence-electron chi connectivity index (χ3n) is 6.98. The van der Waals surface area contributed by atoms with E-state index in [1.165, 1.54) is 3.97 Å². The SMILES string of the molecule is CCN(CC)CCCCNc1nc2cc(Cl)c(Cl)cc2nc1-c1cc2ccccc2n1S(=O)(=O)c1ccccc1. The van der Waals surface area contributed by atoms with Gasteiger partial charge in [-0.15, -0.1) is 0 Å². The summed E-state index contributed by atoms with van der Waals surface area (Å²) in [5.41, 5.74) is 2.48. The second kappa shape index (κ2) is 12.1. The molecule has 5 aromatic rings. The molecule has 3 aromatic carbocycles. The summed E-state index contributed by atoms with van der Waals surface area (Å²) in [5.74, 6) is 0.487. The first-order valence-corrected chi connectivity index (χ1v) is 15.6. The molecule has 0 radical (unpaired) electrons. The highest BCUT2D eigenvalue weighted by Crippen LogP contribution is 2.36.